The molecule has 22 heavy (non-hydrogen) atoms. The third-order valence-electron chi connectivity index (χ3n) is 3.42. The van der Waals surface area contributed by atoms with Gasteiger partial charge < -0.3 is 15.0 Å². The Morgan fingerprint density at radius 2 is 1.77 bits per heavy atom. The molecule has 0 saturated carbocycles. The molecule has 0 unspecified atom stereocenters. The second-order valence-corrected chi connectivity index (χ2v) is 5.15. The number of nitrogens with one attached hydrogen (secondary N) is 1. The summed E-state index contributed by atoms with van der Waals surface area (Å²) in [6.07, 6.45) is 0. The highest BCUT2D eigenvalue weighted by molar-refractivity contribution is 5.80. The molecule has 0 aromatic heterocycles. The van der Waals surface area contributed by atoms with Gasteiger partial charge in [-0.2, -0.15) is 0 Å². The first-order chi connectivity index (χ1) is 10.7. The maximum absolute atomic E-state index is 12.0. The summed E-state index contributed by atoms with van der Waals surface area (Å²) in [5.74, 6) is 0.906. The Morgan fingerprint density at radius 3 is 2.50 bits per heavy atom. The van der Waals surface area contributed by atoms with Crippen LogP contribution in [0.5, 0.6) is 5.75 Å². The summed E-state index contributed by atoms with van der Waals surface area (Å²) in [6, 6.07) is 17.6. The van der Waals surface area contributed by atoms with Crippen LogP contribution >= 0.6 is 0 Å². The van der Waals surface area contributed by atoms with E-state index in [1.54, 1.807) is 11.9 Å². The summed E-state index contributed by atoms with van der Waals surface area (Å²) in [4.78, 5) is 13.7. The maximum atomic E-state index is 12.0. The van der Waals surface area contributed by atoms with Crippen molar-refractivity contribution >= 4 is 11.6 Å². The van der Waals surface area contributed by atoms with Crippen LogP contribution in [-0.2, 0) is 4.79 Å². The van der Waals surface area contributed by atoms with Crippen molar-refractivity contribution in [1.29, 1.82) is 0 Å². The molecular weight excluding hydrogens is 276 g/mol. The highest BCUT2D eigenvalue weighted by Crippen LogP contribution is 2.15. The zero-order valence-electron chi connectivity index (χ0n) is 13.1. The van der Waals surface area contributed by atoms with E-state index < -0.39 is 0 Å². The van der Waals surface area contributed by atoms with Gasteiger partial charge in [0.15, 0.2) is 0 Å². The van der Waals surface area contributed by atoms with Gasteiger partial charge in [0.2, 0.25) is 5.91 Å². The van der Waals surface area contributed by atoms with Gasteiger partial charge in [-0.15, -0.1) is 0 Å². The molecular formula is C18H22N2O2. The molecule has 0 aliphatic carbocycles. The zero-order valence-corrected chi connectivity index (χ0v) is 13.1. The Kier molecular flexibility index (Phi) is 5.83. The predicted molar refractivity (Wildman–Crippen MR) is 89.2 cm³/mol. The molecule has 0 aliphatic heterocycles. The van der Waals surface area contributed by atoms with Crippen LogP contribution in [0.25, 0.3) is 0 Å². The third-order valence-corrected chi connectivity index (χ3v) is 3.42. The van der Waals surface area contributed by atoms with Gasteiger partial charge in [0.1, 0.15) is 12.4 Å². The van der Waals surface area contributed by atoms with Crippen LogP contribution in [-0.4, -0.2) is 37.6 Å². The second kappa shape index (κ2) is 8.08. The van der Waals surface area contributed by atoms with E-state index in [-0.39, 0.29) is 12.5 Å². The summed E-state index contributed by atoms with van der Waals surface area (Å²) in [5.41, 5.74) is 2.04. The molecule has 2 aromatic rings. The van der Waals surface area contributed by atoms with Gasteiger partial charge in [-0.3, -0.25) is 4.79 Å². The number of carbonyl (C=O) groups is 1. The van der Waals surface area contributed by atoms with Crippen molar-refractivity contribution in [2.75, 3.05) is 32.1 Å². The summed E-state index contributed by atoms with van der Waals surface area (Å²) in [6.45, 7) is 3.33. The quantitative estimate of drug-likeness (QED) is 0.854. The number of para-hydroxylation sites is 2. The van der Waals surface area contributed by atoms with E-state index in [2.05, 4.69) is 5.32 Å². The molecule has 116 valence electrons. The van der Waals surface area contributed by atoms with Crippen LogP contribution in [0.3, 0.4) is 0 Å². The summed E-state index contributed by atoms with van der Waals surface area (Å²) >= 11 is 0. The van der Waals surface area contributed by atoms with E-state index in [9.17, 15) is 4.79 Å². The van der Waals surface area contributed by atoms with Crippen LogP contribution in [0.1, 0.15) is 5.56 Å². The molecule has 0 bridgehead atoms. The van der Waals surface area contributed by atoms with Crippen LogP contribution in [0.4, 0.5) is 5.69 Å². The topological polar surface area (TPSA) is 41.6 Å². The fourth-order valence-corrected chi connectivity index (χ4v) is 2.00. The lowest BCUT2D eigenvalue weighted by Crippen LogP contribution is -2.35. The van der Waals surface area contributed by atoms with E-state index in [1.165, 1.54) is 0 Å². The first kappa shape index (κ1) is 15.9. The Morgan fingerprint density at radius 1 is 1.09 bits per heavy atom. The zero-order chi connectivity index (χ0) is 15.8. The number of likely N-dealkylation sites (N-methyl/N-ethyl adjacent to an activating group) is 1. The molecule has 0 saturated heterocycles. The lowest BCUT2D eigenvalue weighted by molar-refractivity contribution is -0.128. The minimum Gasteiger partial charge on any atom is -0.491 e. The van der Waals surface area contributed by atoms with Gasteiger partial charge in [-0.25, -0.2) is 0 Å². The minimum absolute atomic E-state index is 0.0391. The molecule has 0 fully saturated rings. The van der Waals surface area contributed by atoms with Crippen LogP contribution < -0.4 is 10.1 Å². The SMILES string of the molecule is Cc1ccccc1OCCN(C)C(=O)CNc1ccccc1. The average molecular weight is 298 g/mol. The monoisotopic (exact) mass is 298 g/mol. The molecule has 1 amide bonds. The van der Waals surface area contributed by atoms with E-state index >= 15 is 0 Å². The van der Waals surface area contributed by atoms with E-state index in [1.807, 2.05) is 61.5 Å². The third kappa shape index (κ3) is 4.81. The number of hydrogen-bond acceptors (Lipinski definition) is 3. The van der Waals surface area contributed by atoms with Gasteiger partial charge in [-0.1, -0.05) is 36.4 Å². The molecule has 2 rings (SSSR count). The molecule has 0 heterocycles. The molecule has 1 N–H and O–H groups in total. The number of carbonyl (C=O) groups excluding carboxylic acids is 1. The van der Waals surface area contributed by atoms with Crippen molar-refractivity contribution in [1.82, 2.24) is 4.90 Å². The molecule has 2 aromatic carbocycles. The average Bonchev–Trinajstić information content (AvgIpc) is 2.55. The first-order valence-electron chi connectivity index (χ1n) is 7.38. The second-order valence-electron chi connectivity index (χ2n) is 5.15. The van der Waals surface area contributed by atoms with Crippen molar-refractivity contribution < 1.29 is 9.53 Å². The Bertz CT molecular complexity index is 599. The van der Waals surface area contributed by atoms with Gasteiger partial charge in [0.05, 0.1) is 13.1 Å². The van der Waals surface area contributed by atoms with Crippen LogP contribution in [0.15, 0.2) is 54.6 Å². The van der Waals surface area contributed by atoms with Gasteiger partial charge in [0, 0.05) is 12.7 Å². The lowest BCUT2D eigenvalue weighted by Gasteiger charge is -2.18. The van der Waals surface area contributed by atoms with E-state index in [0.29, 0.717) is 13.2 Å². The number of hydrogen-bond donors (Lipinski definition) is 1. The normalized spacial score (nSPS) is 10.1. The largest absolute Gasteiger partial charge is 0.491 e. The molecule has 0 aliphatic rings. The summed E-state index contributed by atoms with van der Waals surface area (Å²) < 4.78 is 5.71. The number of anilines is 1. The highest BCUT2D eigenvalue weighted by Gasteiger charge is 2.08. The van der Waals surface area contributed by atoms with Crippen molar-refractivity contribution in [2.24, 2.45) is 0 Å². The number of ether oxygens (including phenoxy) is 1. The first-order valence-corrected chi connectivity index (χ1v) is 7.38. The fourth-order valence-electron chi connectivity index (χ4n) is 2.00. The van der Waals surface area contributed by atoms with Gasteiger partial charge >= 0.3 is 0 Å². The summed E-state index contributed by atoms with van der Waals surface area (Å²) in [7, 11) is 1.79. The maximum Gasteiger partial charge on any atom is 0.241 e. The Balaban J connectivity index is 1.71. The molecule has 0 atom stereocenters. The number of aryl methyl sites for hydroxylation is 1. The predicted octanol–water partition coefficient (Wildman–Crippen LogP) is 2.94. The Labute approximate surface area is 131 Å². The van der Waals surface area contributed by atoms with Crippen molar-refractivity contribution in [3.63, 3.8) is 0 Å². The van der Waals surface area contributed by atoms with Crippen molar-refractivity contribution in [2.45, 2.75) is 6.92 Å². The smallest absolute Gasteiger partial charge is 0.241 e. The van der Waals surface area contributed by atoms with Gasteiger partial charge in [-0.05, 0) is 30.7 Å². The van der Waals surface area contributed by atoms with E-state index in [0.717, 1.165) is 17.0 Å². The Hall–Kier alpha value is -2.49. The van der Waals surface area contributed by atoms with Crippen LogP contribution in [0, 0.1) is 6.92 Å². The highest BCUT2D eigenvalue weighted by atomic mass is 16.5. The molecule has 0 radical (unpaired) electrons. The van der Waals surface area contributed by atoms with Crippen LogP contribution in [0.2, 0.25) is 0 Å². The minimum atomic E-state index is 0.0391. The fraction of sp³-hybridized carbons (Fsp3) is 0.278. The number of amides is 1. The molecule has 4 nitrogen and oxygen atoms in total. The molecule has 0 spiro atoms. The lowest BCUT2D eigenvalue weighted by atomic mass is 10.2. The number of nitrogens with zero attached hydrogens (tertiary/aromatic N) is 1. The van der Waals surface area contributed by atoms with Crippen molar-refractivity contribution in [3.8, 4) is 5.75 Å². The number of benzene rings is 2. The molecule has 4 heteroatoms. The van der Waals surface area contributed by atoms with E-state index in [4.69, 9.17) is 4.74 Å². The summed E-state index contributed by atoms with van der Waals surface area (Å²) in [5, 5.41) is 3.11. The van der Waals surface area contributed by atoms with Gasteiger partial charge in [0.25, 0.3) is 0 Å². The standard InChI is InChI=1S/C18H22N2O2/c1-15-8-6-7-11-17(15)22-13-12-20(2)18(21)14-19-16-9-4-3-5-10-16/h3-11,19H,12-14H2,1-2H3. The number of rotatable bonds is 7. The van der Waals surface area contributed by atoms with Crippen molar-refractivity contribution in [3.05, 3.63) is 60.2 Å².